The van der Waals surface area contributed by atoms with Gasteiger partial charge in [0.15, 0.2) is 12.2 Å². The van der Waals surface area contributed by atoms with Crippen molar-refractivity contribution in [3.63, 3.8) is 0 Å². The molecule has 0 aliphatic heterocycles. The number of esters is 4. The molecule has 0 spiro atoms. The quantitative estimate of drug-likeness (QED) is 0.0222. The van der Waals surface area contributed by atoms with E-state index < -0.39 is 97.5 Å². The third-order valence-electron chi connectivity index (χ3n) is 16.1. The Bertz CT molecular complexity index is 1750. The molecule has 0 amide bonds. The lowest BCUT2D eigenvalue weighted by Gasteiger charge is -2.21. The third kappa shape index (κ3) is 64.6. The van der Waals surface area contributed by atoms with E-state index in [-0.39, 0.29) is 25.7 Å². The fourth-order valence-electron chi connectivity index (χ4n) is 10.5. The minimum absolute atomic E-state index is 0.102. The molecule has 3 N–H and O–H groups in total. The van der Waals surface area contributed by atoms with Crippen LogP contribution in [-0.2, 0) is 65.4 Å². The SMILES string of the molecule is CCCCCCCCCCCC(=O)OC[C@H](COP(=O)(O)OC[C@H](O)COP(=O)(O)OC[C@@H](COC(=O)CCCCCCCCCCCCCCC(C)C)OC(=O)CCCCCCCCCCCCCCCC(C)C)OC(=O)CCCCCCCCC(C)C. The highest BCUT2D eigenvalue weighted by atomic mass is 31.2. The Balaban J connectivity index is 5.22. The first kappa shape index (κ1) is 87.1. The summed E-state index contributed by atoms with van der Waals surface area (Å²) < 4.78 is 68.2. The Morgan fingerprint density at radius 2 is 0.517 bits per heavy atom. The number of phosphoric acid groups is 2. The Kier molecular flexibility index (Phi) is 59.6. The molecule has 528 valence electrons. The number of phosphoric ester groups is 2. The van der Waals surface area contributed by atoms with Crippen LogP contribution in [0.5, 0.6) is 0 Å². The fourth-order valence-corrected chi connectivity index (χ4v) is 12.1. The maximum absolute atomic E-state index is 13.0. The summed E-state index contributed by atoms with van der Waals surface area (Å²) >= 11 is 0. The van der Waals surface area contributed by atoms with E-state index in [0.717, 1.165) is 102 Å². The summed E-state index contributed by atoms with van der Waals surface area (Å²) in [6.45, 7) is 11.8. The minimum atomic E-state index is -4.95. The van der Waals surface area contributed by atoms with Crippen molar-refractivity contribution in [2.24, 2.45) is 17.8 Å². The summed E-state index contributed by atoms with van der Waals surface area (Å²) in [4.78, 5) is 72.4. The first-order valence-corrected chi connectivity index (χ1v) is 39.3. The second-order valence-corrected chi connectivity index (χ2v) is 29.6. The van der Waals surface area contributed by atoms with Gasteiger partial charge >= 0.3 is 39.5 Å². The topological polar surface area (TPSA) is 237 Å². The highest BCUT2D eigenvalue weighted by Crippen LogP contribution is 2.45. The number of rotatable bonds is 68. The van der Waals surface area contributed by atoms with Crippen LogP contribution >= 0.6 is 15.6 Å². The molecule has 2 unspecified atom stereocenters. The van der Waals surface area contributed by atoms with Crippen LogP contribution in [0.1, 0.15) is 350 Å². The van der Waals surface area contributed by atoms with Gasteiger partial charge in [-0.15, -0.1) is 0 Å². The molecule has 89 heavy (non-hydrogen) atoms. The van der Waals surface area contributed by atoms with Crippen LogP contribution in [0, 0.1) is 17.8 Å². The number of aliphatic hydroxyl groups excluding tert-OH is 1. The predicted molar refractivity (Wildman–Crippen MR) is 358 cm³/mol. The maximum atomic E-state index is 13.0. The van der Waals surface area contributed by atoms with Gasteiger partial charge < -0.3 is 33.8 Å². The Morgan fingerprint density at radius 1 is 0.303 bits per heavy atom. The lowest BCUT2D eigenvalue weighted by molar-refractivity contribution is -0.161. The predicted octanol–water partition coefficient (Wildman–Crippen LogP) is 19.8. The van der Waals surface area contributed by atoms with Crippen LogP contribution in [0.2, 0.25) is 0 Å². The van der Waals surface area contributed by atoms with Crippen molar-refractivity contribution >= 4 is 39.5 Å². The molecule has 0 saturated heterocycles. The van der Waals surface area contributed by atoms with Crippen molar-refractivity contribution in [1.29, 1.82) is 0 Å². The van der Waals surface area contributed by atoms with Crippen molar-refractivity contribution in [2.75, 3.05) is 39.6 Å². The van der Waals surface area contributed by atoms with E-state index in [0.29, 0.717) is 31.6 Å². The average Bonchev–Trinajstić information content (AvgIpc) is 3.70. The van der Waals surface area contributed by atoms with E-state index in [1.165, 1.54) is 161 Å². The van der Waals surface area contributed by atoms with E-state index >= 15 is 0 Å². The van der Waals surface area contributed by atoms with E-state index in [1.807, 2.05) is 0 Å². The van der Waals surface area contributed by atoms with Crippen LogP contribution in [0.4, 0.5) is 0 Å². The molecular weight excluding hydrogens is 1170 g/mol. The van der Waals surface area contributed by atoms with Crippen LogP contribution < -0.4 is 0 Å². The monoisotopic (exact) mass is 1310 g/mol. The summed E-state index contributed by atoms with van der Waals surface area (Å²) in [6.07, 6.45) is 44.6. The zero-order valence-electron chi connectivity index (χ0n) is 57.9. The number of carbonyl (C=O) groups is 4. The van der Waals surface area contributed by atoms with E-state index in [2.05, 4.69) is 48.5 Å². The first-order valence-electron chi connectivity index (χ1n) is 36.3. The third-order valence-corrected chi connectivity index (χ3v) is 18.0. The largest absolute Gasteiger partial charge is 0.472 e. The van der Waals surface area contributed by atoms with Crippen LogP contribution in [0.15, 0.2) is 0 Å². The smallest absolute Gasteiger partial charge is 0.462 e. The van der Waals surface area contributed by atoms with Crippen LogP contribution in [0.3, 0.4) is 0 Å². The van der Waals surface area contributed by atoms with Crippen molar-refractivity contribution in [1.82, 2.24) is 0 Å². The molecule has 19 heteroatoms. The first-order chi connectivity index (χ1) is 42.7. The summed E-state index contributed by atoms with van der Waals surface area (Å²) in [6, 6.07) is 0. The van der Waals surface area contributed by atoms with E-state index in [1.54, 1.807) is 0 Å². The van der Waals surface area contributed by atoms with Crippen LogP contribution in [-0.4, -0.2) is 96.7 Å². The Morgan fingerprint density at radius 3 is 0.764 bits per heavy atom. The molecule has 0 bridgehead atoms. The minimum Gasteiger partial charge on any atom is -0.462 e. The van der Waals surface area contributed by atoms with Gasteiger partial charge in [-0.1, -0.05) is 299 Å². The summed E-state index contributed by atoms with van der Waals surface area (Å²) in [7, 11) is -9.90. The Labute approximate surface area is 543 Å². The molecular formula is C70H136O17P2. The zero-order valence-corrected chi connectivity index (χ0v) is 59.7. The number of unbranched alkanes of at least 4 members (excludes halogenated alkanes) is 36. The van der Waals surface area contributed by atoms with Gasteiger partial charge in [-0.05, 0) is 43.4 Å². The molecule has 0 heterocycles. The number of aliphatic hydroxyl groups is 1. The summed E-state index contributed by atoms with van der Waals surface area (Å²) in [5.74, 6) is 0.107. The maximum Gasteiger partial charge on any atom is 0.472 e. The molecule has 0 radical (unpaired) electrons. The molecule has 0 aromatic rings. The molecule has 0 aromatic heterocycles. The fraction of sp³-hybridized carbons (Fsp3) is 0.943. The summed E-state index contributed by atoms with van der Waals surface area (Å²) in [5, 5.41) is 10.6. The standard InChI is InChI=1S/C70H136O17P2/c1-8-9-10-11-12-22-29-37-44-51-67(72)80-58-66(87-70(75)54-47-40-33-32-36-43-50-63(6)7)60-85-89(78,79)83-56-64(71)55-82-88(76,77)84-59-65(57-81-68(73)52-45-38-30-25-20-17-16-19-24-28-35-42-49-62(4)5)86-69(74)53-46-39-31-26-21-15-13-14-18-23-27-34-41-48-61(2)3/h61-66,71H,8-60H2,1-7H3,(H,76,77)(H,78,79)/t64-,65-,66-/m1/s1. The van der Waals surface area contributed by atoms with Gasteiger partial charge in [0, 0.05) is 25.7 Å². The highest BCUT2D eigenvalue weighted by Gasteiger charge is 2.30. The zero-order chi connectivity index (χ0) is 65.9. The Hall–Kier alpha value is -1.94. The molecule has 0 fully saturated rings. The van der Waals surface area contributed by atoms with E-state index in [9.17, 15) is 43.2 Å². The van der Waals surface area contributed by atoms with Crippen molar-refractivity contribution < 1.29 is 80.2 Å². The van der Waals surface area contributed by atoms with E-state index in [4.69, 9.17) is 37.0 Å². The number of ether oxygens (including phenoxy) is 4. The normalized spacial score (nSPS) is 14.2. The average molecular weight is 1310 g/mol. The number of hydrogen-bond donors (Lipinski definition) is 3. The van der Waals surface area contributed by atoms with Crippen molar-refractivity contribution in [3.8, 4) is 0 Å². The van der Waals surface area contributed by atoms with Gasteiger partial charge in [0.25, 0.3) is 0 Å². The van der Waals surface area contributed by atoms with Crippen molar-refractivity contribution in [2.45, 2.75) is 369 Å². The molecule has 0 saturated carbocycles. The lowest BCUT2D eigenvalue weighted by atomic mass is 10.0. The van der Waals surface area contributed by atoms with Gasteiger partial charge in [-0.2, -0.15) is 0 Å². The second-order valence-electron chi connectivity index (χ2n) is 26.7. The van der Waals surface area contributed by atoms with Gasteiger partial charge in [-0.25, -0.2) is 9.13 Å². The molecule has 0 aromatic carbocycles. The van der Waals surface area contributed by atoms with Gasteiger partial charge in [-0.3, -0.25) is 37.3 Å². The lowest BCUT2D eigenvalue weighted by Crippen LogP contribution is -2.30. The number of carbonyl (C=O) groups excluding carboxylic acids is 4. The highest BCUT2D eigenvalue weighted by molar-refractivity contribution is 7.47. The molecule has 17 nitrogen and oxygen atoms in total. The molecule has 5 atom stereocenters. The second kappa shape index (κ2) is 61.0. The van der Waals surface area contributed by atoms with Gasteiger partial charge in [0.2, 0.25) is 0 Å². The van der Waals surface area contributed by atoms with Gasteiger partial charge in [0.05, 0.1) is 26.4 Å². The number of hydrogen-bond acceptors (Lipinski definition) is 15. The molecule has 0 rings (SSSR count). The van der Waals surface area contributed by atoms with Crippen molar-refractivity contribution in [3.05, 3.63) is 0 Å². The summed E-state index contributed by atoms with van der Waals surface area (Å²) in [5.41, 5.74) is 0. The van der Waals surface area contributed by atoms with Crippen LogP contribution in [0.25, 0.3) is 0 Å². The van der Waals surface area contributed by atoms with Gasteiger partial charge in [0.1, 0.15) is 19.3 Å². The molecule has 0 aliphatic rings. The molecule has 0 aliphatic carbocycles.